The number of carbonyl (C=O) groups excluding carboxylic acids is 3. The maximum Gasteiger partial charge on any atom is 0.259 e. The number of nitrogens with one attached hydrogen (secondary N) is 3. The number of halogens is 1. The van der Waals surface area contributed by atoms with Gasteiger partial charge < -0.3 is 25.0 Å². The van der Waals surface area contributed by atoms with Crippen LogP contribution in [0, 0.1) is 18.3 Å². The zero-order chi connectivity index (χ0) is 36.9. The zero-order valence-corrected chi connectivity index (χ0v) is 30.8. The first-order chi connectivity index (χ1) is 24.1. The van der Waals surface area contributed by atoms with Crippen molar-refractivity contribution >= 4 is 55.9 Å². The van der Waals surface area contributed by atoms with E-state index in [1.165, 1.54) is 24.3 Å². The van der Waals surface area contributed by atoms with E-state index in [9.17, 15) is 22.8 Å². The largest absolute Gasteiger partial charge is 0.494 e. The van der Waals surface area contributed by atoms with Crippen molar-refractivity contribution in [2.24, 2.45) is 11.3 Å². The normalized spacial score (nSPS) is 23.6. The van der Waals surface area contributed by atoms with Crippen molar-refractivity contribution in [3.05, 3.63) is 66.0 Å². The fraction of sp³-hybridized carbons (Fsp3) is 0.472. The van der Waals surface area contributed by atoms with Gasteiger partial charge in [0.25, 0.3) is 5.91 Å². The molecule has 0 unspecified atom stereocenters. The second kappa shape index (κ2) is 13.6. The lowest BCUT2D eigenvalue weighted by Crippen LogP contribution is -2.58. The van der Waals surface area contributed by atoms with Crippen LogP contribution in [-0.4, -0.2) is 83.6 Å². The number of amides is 3. The Balaban J connectivity index is 1.32. The molecule has 2 aromatic heterocycles. The predicted octanol–water partition coefficient (Wildman–Crippen LogP) is 4.14. The van der Waals surface area contributed by atoms with Gasteiger partial charge in [-0.2, -0.15) is 0 Å². The molecule has 0 radical (unpaired) electrons. The minimum atomic E-state index is -3.88. The molecule has 51 heavy (non-hydrogen) atoms. The first kappa shape index (κ1) is 36.4. The third-order valence-corrected chi connectivity index (χ3v) is 11.7. The van der Waals surface area contributed by atoms with Gasteiger partial charge in [0.2, 0.25) is 27.7 Å². The van der Waals surface area contributed by atoms with Crippen molar-refractivity contribution in [3.8, 4) is 11.6 Å². The second-order valence-corrected chi connectivity index (χ2v) is 17.0. The lowest BCUT2D eigenvalue weighted by atomic mass is 9.85. The molecule has 3 N–H and O–H groups in total. The topological polar surface area (TPSA) is 169 Å². The Hall–Kier alpha value is -4.43. The zero-order valence-electron chi connectivity index (χ0n) is 29.2. The van der Waals surface area contributed by atoms with E-state index in [1.54, 1.807) is 24.3 Å². The highest BCUT2D eigenvalue weighted by atomic mass is 35.5. The summed E-state index contributed by atoms with van der Waals surface area (Å²) in [6.07, 6.45) is 3.53. The molecule has 3 aromatic rings. The van der Waals surface area contributed by atoms with Gasteiger partial charge >= 0.3 is 0 Å². The van der Waals surface area contributed by atoms with Crippen LogP contribution >= 0.6 is 11.6 Å². The predicted molar refractivity (Wildman–Crippen MR) is 193 cm³/mol. The van der Waals surface area contributed by atoms with Crippen LogP contribution in [0.4, 0.5) is 5.82 Å². The molecule has 15 heteroatoms. The number of anilines is 1. The number of rotatable bonds is 12. The van der Waals surface area contributed by atoms with Crippen molar-refractivity contribution in [3.63, 3.8) is 0 Å². The Bertz CT molecular complexity index is 2000. The van der Waals surface area contributed by atoms with Crippen LogP contribution in [0.2, 0.25) is 5.02 Å². The Morgan fingerprint density at radius 1 is 1.16 bits per heavy atom. The standard InChI is InChI=1S/C36H43ClN6O7S/c1-7-21-17-36(21,34(46)42-51(47,48)24-12-13-24)41-31(44)27-16-23(50-32-26-15-22(37)11-14-25(26)28(49-6)18-38-32)19-43(27)33(45)30(35(3,4)5)40-29-10-8-9-20(2)39-29/h7-11,14-15,18,21,23-24,27,30H,1,12-13,16-17,19H2,2-6H3,(H,39,40)(H,41,44)(H,42,46)/t21-,23-,27+,30+,36-/m1/s1. The summed E-state index contributed by atoms with van der Waals surface area (Å²) >= 11 is 6.34. The number of likely N-dealkylation sites (tertiary alicyclic amines) is 1. The molecule has 2 aliphatic carbocycles. The highest BCUT2D eigenvalue weighted by Crippen LogP contribution is 2.46. The number of fused-ring (bicyclic) bond motifs is 1. The SMILES string of the molecule is C=C[C@@H]1C[C@]1(NC(=O)[C@@H]1C[C@@H](Oc2ncc(OC)c3ccc(Cl)cc23)CN1C(=O)[C@H](Nc1cccc(C)n1)C(C)(C)C)C(=O)NS(=O)(=O)C1CC1. The van der Waals surface area contributed by atoms with Crippen molar-refractivity contribution in [2.75, 3.05) is 19.0 Å². The molecule has 1 aromatic carbocycles. The van der Waals surface area contributed by atoms with Gasteiger partial charge in [-0.15, -0.1) is 6.58 Å². The van der Waals surface area contributed by atoms with Gasteiger partial charge in [-0.3, -0.25) is 19.1 Å². The average Bonchev–Trinajstić information content (AvgIpc) is 4.00. The first-order valence-electron chi connectivity index (χ1n) is 16.9. The van der Waals surface area contributed by atoms with E-state index in [0.717, 1.165) is 5.69 Å². The molecule has 3 aliphatic rings. The Labute approximate surface area is 302 Å². The molecule has 0 bridgehead atoms. The lowest BCUT2D eigenvalue weighted by Gasteiger charge is -2.36. The lowest BCUT2D eigenvalue weighted by molar-refractivity contribution is -0.141. The first-order valence-corrected chi connectivity index (χ1v) is 18.8. The summed E-state index contributed by atoms with van der Waals surface area (Å²) in [7, 11) is -2.35. The van der Waals surface area contributed by atoms with Crippen molar-refractivity contribution < 1.29 is 32.3 Å². The van der Waals surface area contributed by atoms with Gasteiger partial charge in [-0.25, -0.2) is 18.4 Å². The molecule has 3 amide bonds. The number of aromatic nitrogens is 2. The van der Waals surface area contributed by atoms with E-state index in [4.69, 9.17) is 21.1 Å². The molecule has 13 nitrogen and oxygen atoms in total. The molecule has 5 atom stereocenters. The van der Waals surface area contributed by atoms with Crippen molar-refractivity contribution in [2.45, 2.75) is 82.4 Å². The number of nitrogens with zero attached hydrogens (tertiary/aromatic N) is 3. The maximum atomic E-state index is 14.6. The number of aryl methyl sites for hydroxylation is 1. The van der Waals surface area contributed by atoms with Gasteiger partial charge in [-0.05, 0) is 61.9 Å². The van der Waals surface area contributed by atoms with Crippen LogP contribution in [0.5, 0.6) is 11.6 Å². The van der Waals surface area contributed by atoms with E-state index >= 15 is 0 Å². The molecule has 0 spiro atoms. The number of benzene rings is 1. The molecular weight excluding hydrogens is 696 g/mol. The number of hydrogen-bond acceptors (Lipinski definition) is 10. The molecule has 1 aliphatic heterocycles. The fourth-order valence-electron chi connectivity index (χ4n) is 6.56. The number of methoxy groups -OCH3 is 1. The van der Waals surface area contributed by atoms with Crippen LogP contribution in [-0.2, 0) is 24.4 Å². The molecule has 272 valence electrons. The van der Waals surface area contributed by atoms with E-state index in [2.05, 4.69) is 31.9 Å². The summed E-state index contributed by atoms with van der Waals surface area (Å²) in [5.74, 6) is -1.04. The van der Waals surface area contributed by atoms with Crippen LogP contribution in [0.1, 0.15) is 52.1 Å². The molecular formula is C36H43ClN6O7S. The van der Waals surface area contributed by atoms with Gasteiger partial charge in [0, 0.05) is 33.8 Å². The number of ether oxygens (including phenoxy) is 2. The van der Waals surface area contributed by atoms with Gasteiger partial charge in [0.15, 0.2) is 0 Å². The Morgan fingerprint density at radius 3 is 2.53 bits per heavy atom. The summed E-state index contributed by atoms with van der Waals surface area (Å²) in [5, 5.41) is 7.25. The monoisotopic (exact) mass is 738 g/mol. The molecule has 3 heterocycles. The minimum Gasteiger partial charge on any atom is -0.494 e. The van der Waals surface area contributed by atoms with Crippen LogP contribution < -0.4 is 24.8 Å². The molecule has 2 saturated carbocycles. The summed E-state index contributed by atoms with van der Waals surface area (Å²) in [6.45, 7) is 11.4. The number of pyridine rings is 2. The van der Waals surface area contributed by atoms with Crippen molar-refractivity contribution in [1.82, 2.24) is 24.9 Å². The van der Waals surface area contributed by atoms with Gasteiger partial charge in [0.05, 0.1) is 25.1 Å². The molecule has 1 saturated heterocycles. The maximum absolute atomic E-state index is 14.6. The average molecular weight is 739 g/mol. The number of carbonyl (C=O) groups is 3. The van der Waals surface area contributed by atoms with E-state index < -0.39 is 62.1 Å². The third-order valence-electron chi connectivity index (χ3n) is 9.67. The van der Waals surface area contributed by atoms with E-state index in [1.807, 2.05) is 39.8 Å². The third kappa shape index (κ3) is 7.48. The smallest absolute Gasteiger partial charge is 0.259 e. The summed E-state index contributed by atoms with van der Waals surface area (Å²) in [6, 6.07) is 8.79. The van der Waals surface area contributed by atoms with Crippen LogP contribution in [0.25, 0.3) is 10.8 Å². The number of sulfonamides is 1. The Morgan fingerprint density at radius 2 is 1.90 bits per heavy atom. The molecule has 3 fully saturated rings. The van der Waals surface area contributed by atoms with E-state index in [-0.39, 0.29) is 31.2 Å². The summed E-state index contributed by atoms with van der Waals surface area (Å²) in [4.78, 5) is 52.9. The summed E-state index contributed by atoms with van der Waals surface area (Å²) < 4.78 is 39.5. The molecule has 6 rings (SSSR count). The highest BCUT2D eigenvalue weighted by Gasteiger charge is 2.62. The minimum absolute atomic E-state index is 0.0162. The van der Waals surface area contributed by atoms with Gasteiger partial charge in [0.1, 0.15) is 35.3 Å². The van der Waals surface area contributed by atoms with Crippen molar-refractivity contribution in [1.29, 1.82) is 0 Å². The van der Waals surface area contributed by atoms with Crippen LogP contribution in [0.3, 0.4) is 0 Å². The Kier molecular flexibility index (Phi) is 9.70. The summed E-state index contributed by atoms with van der Waals surface area (Å²) in [5.41, 5.74) is -1.39. The second-order valence-electron chi connectivity index (χ2n) is 14.6. The highest BCUT2D eigenvalue weighted by molar-refractivity contribution is 7.91. The van der Waals surface area contributed by atoms with Gasteiger partial charge in [-0.1, -0.05) is 44.5 Å². The number of hydrogen-bond donors (Lipinski definition) is 3. The quantitative estimate of drug-likeness (QED) is 0.230. The fourth-order valence-corrected chi connectivity index (χ4v) is 8.09. The van der Waals surface area contributed by atoms with E-state index in [0.29, 0.717) is 40.2 Å². The van der Waals surface area contributed by atoms with Crippen LogP contribution in [0.15, 0.2) is 55.3 Å².